The number of aliphatic hydroxyl groups is 4. The summed E-state index contributed by atoms with van der Waals surface area (Å²) in [6, 6.07) is -0.998. The molecule has 1 unspecified atom stereocenters. The summed E-state index contributed by atoms with van der Waals surface area (Å²) < 4.78 is 23.1. The Balaban J connectivity index is 2.65. The molecule has 0 saturated heterocycles. The van der Waals surface area contributed by atoms with Gasteiger partial charge in [-0.25, -0.2) is 0 Å². The van der Waals surface area contributed by atoms with Gasteiger partial charge in [-0.3, -0.25) is 9.36 Å². The molecule has 0 aromatic rings. The summed E-state index contributed by atoms with van der Waals surface area (Å²) in [5, 5.41) is 45.0. The molecule has 0 spiro atoms. The zero-order valence-corrected chi connectivity index (χ0v) is 35.1. The smallest absolute Gasteiger partial charge is 0.268 e. The van der Waals surface area contributed by atoms with Crippen molar-refractivity contribution in [2.75, 3.05) is 40.9 Å². The highest BCUT2D eigenvalue weighted by Crippen LogP contribution is 2.38. The van der Waals surface area contributed by atoms with E-state index in [2.05, 4.69) is 31.3 Å². The Labute approximate surface area is 327 Å². The largest absolute Gasteiger partial charge is 0.756 e. The van der Waals surface area contributed by atoms with Crippen LogP contribution in [0.25, 0.3) is 0 Å². The van der Waals surface area contributed by atoms with Crippen LogP contribution in [0.15, 0.2) is 48.6 Å². The van der Waals surface area contributed by atoms with Crippen LogP contribution in [0.1, 0.15) is 129 Å². The number of allylic oxidation sites excluding steroid dienone is 5. The molecule has 12 heteroatoms. The van der Waals surface area contributed by atoms with Gasteiger partial charge in [0.05, 0.1) is 58.2 Å². The van der Waals surface area contributed by atoms with E-state index in [1.165, 1.54) is 38.5 Å². The summed E-state index contributed by atoms with van der Waals surface area (Å²) in [5.41, 5.74) is 0. The van der Waals surface area contributed by atoms with Crippen LogP contribution in [0.5, 0.6) is 0 Å². The lowest BCUT2D eigenvalue weighted by Gasteiger charge is -2.29. The van der Waals surface area contributed by atoms with Gasteiger partial charge in [-0.1, -0.05) is 114 Å². The average molecular weight is 785 g/mol. The number of unbranched alkanes of at least 4 members (excludes halogenated alkanes) is 10. The zero-order chi connectivity index (χ0) is 40.2. The van der Waals surface area contributed by atoms with Gasteiger partial charge in [0.15, 0.2) is 0 Å². The first-order chi connectivity index (χ1) is 25.7. The Hall–Kier alpha value is -1.66. The summed E-state index contributed by atoms with van der Waals surface area (Å²) >= 11 is 0. The highest BCUT2D eigenvalue weighted by atomic mass is 31.2. The van der Waals surface area contributed by atoms with Crippen molar-refractivity contribution < 1.29 is 48.2 Å². The van der Waals surface area contributed by atoms with Crippen LogP contribution in [-0.4, -0.2) is 102 Å². The molecule has 0 aliphatic heterocycles. The van der Waals surface area contributed by atoms with Crippen LogP contribution < -0.4 is 10.2 Å². The van der Waals surface area contributed by atoms with Crippen LogP contribution in [0.4, 0.5) is 0 Å². The molecule has 1 saturated carbocycles. The molecule has 8 atom stereocenters. The third kappa shape index (κ3) is 25.5. The lowest BCUT2D eigenvalue weighted by molar-refractivity contribution is -0.870. The number of nitrogens with one attached hydrogen (secondary N) is 1. The van der Waals surface area contributed by atoms with E-state index in [0.29, 0.717) is 49.6 Å². The molecular weight excluding hydrogens is 707 g/mol. The molecule has 0 bridgehead atoms. The minimum Gasteiger partial charge on any atom is -0.756 e. The number of carbonyl (C=O) groups is 1. The number of rotatable bonds is 32. The summed E-state index contributed by atoms with van der Waals surface area (Å²) in [7, 11) is 1.08. The van der Waals surface area contributed by atoms with Crippen LogP contribution >= 0.6 is 7.82 Å². The van der Waals surface area contributed by atoms with E-state index in [4.69, 9.17) is 9.05 Å². The van der Waals surface area contributed by atoms with E-state index >= 15 is 0 Å². The van der Waals surface area contributed by atoms with Gasteiger partial charge >= 0.3 is 0 Å². The molecule has 1 amide bonds. The fourth-order valence-electron chi connectivity index (χ4n) is 6.39. The maximum Gasteiger partial charge on any atom is 0.268 e. The number of aliphatic hydroxyl groups excluding tert-OH is 4. The van der Waals surface area contributed by atoms with Crippen molar-refractivity contribution in [2.45, 2.75) is 160 Å². The van der Waals surface area contributed by atoms with Crippen LogP contribution in [-0.2, 0) is 18.4 Å². The first-order valence-electron chi connectivity index (χ1n) is 20.8. The van der Waals surface area contributed by atoms with Crippen molar-refractivity contribution in [2.24, 2.45) is 11.8 Å². The Kier molecular flexibility index (Phi) is 27.6. The summed E-state index contributed by atoms with van der Waals surface area (Å²) in [6.45, 7) is 4.26. The van der Waals surface area contributed by atoms with Gasteiger partial charge in [0.1, 0.15) is 13.2 Å². The quantitative estimate of drug-likeness (QED) is 0.0217. The molecule has 0 heterocycles. The number of phosphoric acid groups is 1. The number of carbonyl (C=O) groups excluding carboxylic acids is 1. The fourth-order valence-corrected chi connectivity index (χ4v) is 7.12. The van der Waals surface area contributed by atoms with Crippen LogP contribution in [0.2, 0.25) is 0 Å². The molecule has 1 aliphatic carbocycles. The lowest BCUT2D eigenvalue weighted by Crippen LogP contribution is -2.45. The molecule has 0 aromatic heterocycles. The number of hydrogen-bond donors (Lipinski definition) is 5. The molecule has 11 nitrogen and oxygen atoms in total. The zero-order valence-electron chi connectivity index (χ0n) is 34.2. The van der Waals surface area contributed by atoms with E-state index in [1.807, 2.05) is 45.4 Å². The van der Waals surface area contributed by atoms with Crippen molar-refractivity contribution in [1.29, 1.82) is 0 Å². The maximum absolute atomic E-state index is 12.9. The number of amides is 1. The minimum absolute atomic E-state index is 0.0520. The standard InChI is InChI=1S/C42H77N2O9P/c1-6-8-10-11-12-13-14-15-16-17-18-23-27-39(46)38(34-53-54(50,51)52-32-31-44(3,4)5)43-42(49)28-24-20-19-22-26-36-37(41(48)33-40(36)47)30-29-35(45)25-21-9-7-2/h15-16,19,22-23,27,29-30,35-41,45-48H,6-14,17-18,20-21,24-26,28,31-34H2,1-5H3,(H-,43,49,50,51)/b16-15-,22-19+,27-23+,30-29+/t35-,36+,37+,38-,39+,40-,41+/m0/s1. The van der Waals surface area contributed by atoms with E-state index in [1.54, 1.807) is 12.2 Å². The Morgan fingerprint density at radius 2 is 1.46 bits per heavy atom. The molecular formula is C42H77N2O9P. The van der Waals surface area contributed by atoms with Gasteiger partial charge < -0.3 is 44.2 Å². The predicted octanol–water partition coefficient (Wildman–Crippen LogP) is 6.66. The van der Waals surface area contributed by atoms with Gasteiger partial charge in [-0.05, 0) is 57.3 Å². The minimum atomic E-state index is -4.66. The van der Waals surface area contributed by atoms with E-state index < -0.39 is 44.9 Å². The monoisotopic (exact) mass is 785 g/mol. The molecule has 54 heavy (non-hydrogen) atoms. The number of phosphoric ester groups is 1. The maximum atomic E-state index is 12.9. The molecule has 0 aromatic carbocycles. The van der Waals surface area contributed by atoms with Crippen molar-refractivity contribution >= 4 is 13.7 Å². The molecule has 1 rings (SSSR count). The highest BCUT2D eigenvalue weighted by molar-refractivity contribution is 7.45. The number of quaternary nitrogens is 1. The number of nitrogens with zero attached hydrogens (tertiary/aromatic N) is 1. The van der Waals surface area contributed by atoms with Gasteiger partial charge in [0.2, 0.25) is 5.91 Å². The van der Waals surface area contributed by atoms with Crippen molar-refractivity contribution in [3.8, 4) is 0 Å². The molecule has 1 aliphatic rings. The van der Waals surface area contributed by atoms with Gasteiger partial charge in [0, 0.05) is 18.8 Å². The van der Waals surface area contributed by atoms with E-state index in [-0.39, 0.29) is 30.8 Å². The number of likely N-dealkylation sites (N-methyl/N-ethyl adjacent to an activating group) is 1. The summed E-state index contributed by atoms with van der Waals surface area (Å²) in [6.07, 6.45) is 28.3. The second-order valence-electron chi connectivity index (χ2n) is 15.9. The third-order valence-corrected chi connectivity index (χ3v) is 10.8. The second kappa shape index (κ2) is 29.6. The molecule has 314 valence electrons. The predicted molar refractivity (Wildman–Crippen MR) is 216 cm³/mol. The fraction of sp³-hybridized carbons (Fsp3) is 0.786. The highest BCUT2D eigenvalue weighted by Gasteiger charge is 2.39. The van der Waals surface area contributed by atoms with E-state index in [9.17, 15) is 34.7 Å². The normalized spacial score (nSPS) is 22.5. The first kappa shape index (κ1) is 50.4. The topological polar surface area (TPSA) is 169 Å². The first-order valence-corrected chi connectivity index (χ1v) is 22.2. The Bertz CT molecular complexity index is 1140. The van der Waals surface area contributed by atoms with Crippen LogP contribution in [0.3, 0.4) is 0 Å². The SMILES string of the molecule is CCCCCCCC/C=C\CC/C=C/[C@@H](O)[C@H](COP(=O)([O-])OCC[N+](C)(C)C)NC(=O)CCC/C=C/C[C@@H]1[C@@H](/C=C/[C@@H](O)CCCCC)[C@H](O)C[C@@H]1O. The summed E-state index contributed by atoms with van der Waals surface area (Å²) in [4.78, 5) is 25.4. The Morgan fingerprint density at radius 3 is 2.19 bits per heavy atom. The molecule has 5 N–H and O–H groups in total. The van der Waals surface area contributed by atoms with E-state index in [0.717, 1.165) is 32.1 Å². The Morgan fingerprint density at radius 1 is 0.833 bits per heavy atom. The van der Waals surface area contributed by atoms with Gasteiger partial charge in [-0.2, -0.15) is 0 Å². The average Bonchev–Trinajstić information content (AvgIpc) is 3.37. The van der Waals surface area contributed by atoms with Crippen LogP contribution in [0, 0.1) is 11.8 Å². The van der Waals surface area contributed by atoms with Gasteiger partial charge in [-0.15, -0.1) is 0 Å². The summed E-state index contributed by atoms with van der Waals surface area (Å²) in [5.74, 6) is -0.746. The third-order valence-electron chi connectivity index (χ3n) is 9.83. The molecule has 1 fully saturated rings. The second-order valence-corrected chi connectivity index (χ2v) is 17.4. The van der Waals surface area contributed by atoms with Crippen molar-refractivity contribution in [1.82, 2.24) is 5.32 Å². The lowest BCUT2D eigenvalue weighted by atomic mass is 9.89. The van der Waals surface area contributed by atoms with Gasteiger partial charge in [0.25, 0.3) is 7.82 Å². The number of hydrogen-bond acceptors (Lipinski definition) is 9. The molecule has 0 radical (unpaired) electrons. The van der Waals surface area contributed by atoms with Crippen molar-refractivity contribution in [3.63, 3.8) is 0 Å². The van der Waals surface area contributed by atoms with Crippen molar-refractivity contribution in [3.05, 3.63) is 48.6 Å².